The highest BCUT2D eigenvalue weighted by molar-refractivity contribution is 5.84. The highest BCUT2D eigenvalue weighted by Crippen LogP contribution is 2.03. The number of esters is 1. The molecule has 0 saturated carbocycles. The number of hydrogen-bond acceptors (Lipinski definition) is 4. The summed E-state index contributed by atoms with van der Waals surface area (Å²) in [6.45, 7) is 2.32. The molecule has 0 spiro atoms. The lowest BCUT2D eigenvalue weighted by Crippen LogP contribution is -2.43. The lowest BCUT2D eigenvalue weighted by Gasteiger charge is -2.16. The number of unbranched alkanes of at least 4 members (excludes halogenated alkanes) is 1. The Kier molecular flexibility index (Phi) is 8.12. The highest BCUT2D eigenvalue weighted by Gasteiger charge is 2.20. The Bertz CT molecular complexity index is 433. The fourth-order valence-corrected chi connectivity index (χ4v) is 1.87. The van der Waals surface area contributed by atoms with Crippen LogP contribution in [0.2, 0.25) is 0 Å². The predicted molar refractivity (Wildman–Crippen MR) is 79.6 cm³/mol. The van der Waals surface area contributed by atoms with E-state index in [-0.39, 0.29) is 12.5 Å². The number of amides is 1. The molecule has 0 heterocycles. The van der Waals surface area contributed by atoms with Gasteiger partial charge in [-0.3, -0.25) is 4.79 Å². The zero-order chi connectivity index (χ0) is 15.5. The van der Waals surface area contributed by atoms with Gasteiger partial charge in [0.15, 0.2) is 0 Å². The van der Waals surface area contributed by atoms with Crippen LogP contribution in [-0.4, -0.2) is 31.6 Å². The van der Waals surface area contributed by atoms with Gasteiger partial charge in [0.25, 0.3) is 0 Å². The van der Waals surface area contributed by atoms with Crippen LogP contribution in [0.1, 0.15) is 31.7 Å². The summed E-state index contributed by atoms with van der Waals surface area (Å²) in [5.74, 6) is -0.725. The predicted octanol–water partition coefficient (Wildman–Crippen LogP) is 2.05. The van der Waals surface area contributed by atoms with E-state index in [0.717, 1.165) is 18.4 Å². The molecule has 1 atom stereocenters. The van der Waals surface area contributed by atoms with Gasteiger partial charge in [-0.1, -0.05) is 50.1 Å². The molecule has 116 valence electrons. The van der Waals surface area contributed by atoms with Gasteiger partial charge in [-0.25, -0.2) is 4.79 Å². The van der Waals surface area contributed by atoms with E-state index < -0.39 is 12.0 Å². The largest absolute Gasteiger partial charge is 0.467 e. The quantitative estimate of drug-likeness (QED) is 0.708. The topological polar surface area (TPSA) is 64.6 Å². The molecule has 0 radical (unpaired) electrons. The molecule has 1 aromatic carbocycles. The van der Waals surface area contributed by atoms with Crippen LogP contribution in [0, 0.1) is 0 Å². The molecule has 0 aliphatic rings. The van der Waals surface area contributed by atoms with Gasteiger partial charge in [-0.05, 0) is 12.0 Å². The van der Waals surface area contributed by atoms with Crippen LogP contribution in [0.3, 0.4) is 0 Å². The van der Waals surface area contributed by atoms with E-state index in [1.807, 2.05) is 37.3 Å². The fraction of sp³-hybridized carbons (Fsp3) is 0.500. The van der Waals surface area contributed by atoms with Crippen molar-refractivity contribution in [2.24, 2.45) is 0 Å². The second-order valence-electron chi connectivity index (χ2n) is 4.76. The summed E-state index contributed by atoms with van der Waals surface area (Å²) in [5.41, 5.74) is 1.00. The van der Waals surface area contributed by atoms with Gasteiger partial charge < -0.3 is 14.8 Å². The summed E-state index contributed by atoms with van der Waals surface area (Å²) in [5, 5.41) is 2.65. The minimum absolute atomic E-state index is 0.0749. The number of hydrogen-bond donors (Lipinski definition) is 1. The Balaban J connectivity index is 2.34. The van der Waals surface area contributed by atoms with E-state index in [1.165, 1.54) is 7.11 Å². The van der Waals surface area contributed by atoms with Crippen molar-refractivity contribution in [1.82, 2.24) is 5.32 Å². The Labute approximate surface area is 125 Å². The van der Waals surface area contributed by atoms with Gasteiger partial charge in [0.05, 0.1) is 13.7 Å². The van der Waals surface area contributed by atoms with Crippen molar-refractivity contribution in [3.05, 3.63) is 35.9 Å². The summed E-state index contributed by atoms with van der Waals surface area (Å²) in [6, 6.07) is 9.01. The number of nitrogens with one attached hydrogen (secondary N) is 1. The van der Waals surface area contributed by atoms with Crippen LogP contribution in [0.15, 0.2) is 30.3 Å². The van der Waals surface area contributed by atoms with Gasteiger partial charge in [0.1, 0.15) is 12.6 Å². The van der Waals surface area contributed by atoms with E-state index in [0.29, 0.717) is 13.0 Å². The molecule has 0 bridgehead atoms. The molecule has 1 rings (SSSR count). The minimum Gasteiger partial charge on any atom is -0.467 e. The summed E-state index contributed by atoms with van der Waals surface area (Å²) in [6.07, 6.45) is 2.38. The maximum atomic E-state index is 11.8. The first-order chi connectivity index (χ1) is 10.2. The molecule has 0 aromatic heterocycles. The fourth-order valence-electron chi connectivity index (χ4n) is 1.87. The van der Waals surface area contributed by atoms with Crippen molar-refractivity contribution in [3.63, 3.8) is 0 Å². The van der Waals surface area contributed by atoms with Gasteiger partial charge in [-0.15, -0.1) is 0 Å². The average Bonchev–Trinajstić information content (AvgIpc) is 2.51. The summed E-state index contributed by atoms with van der Waals surface area (Å²) < 4.78 is 10.0. The molecule has 1 amide bonds. The molecule has 0 aliphatic heterocycles. The maximum absolute atomic E-state index is 11.8. The van der Waals surface area contributed by atoms with E-state index in [2.05, 4.69) is 10.1 Å². The van der Waals surface area contributed by atoms with E-state index >= 15 is 0 Å². The van der Waals surface area contributed by atoms with Crippen molar-refractivity contribution >= 4 is 11.9 Å². The van der Waals surface area contributed by atoms with Crippen molar-refractivity contribution < 1.29 is 19.1 Å². The zero-order valence-electron chi connectivity index (χ0n) is 12.6. The molecule has 0 fully saturated rings. The molecule has 0 aliphatic carbocycles. The van der Waals surface area contributed by atoms with Crippen molar-refractivity contribution in [3.8, 4) is 0 Å². The molecule has 21 heavy (non-hydrogen) atoms. The molecule has 1 aromatic rings. The first-order valence-corrected chi connectivity index (χ1v) is 7.16. The van der Waals surface area contributed by atoms with Crippen molar-refractivity contribution in [2.75, 3.05) is 13.7 Å². The van der Waals surface area contributed by atoms with E-state index in [9.17, 15) is 9.59 Å². The van der Waals surface area contributed by atoms with Crippen LogP contribution in [0.25, 0.3) is 0 Å². The zero-order valence-corrected chi connectivity index (χ0v) is 12.6. The Morgan fingerprint density at radius 1 is 1.24 bits per heavy atom. The van der Waals surface area contributed by atoms with Crippen molar-refractivity contribution in [1.29, 1.82) is 0 Å². The van der Waals surface area contributed by atoms with Crippen LogP contribution in [0.4, 0.5) is 0 Å². The first kappa shape index (κ1) is 17.2. The van der Waals surface area contributed by atoms with Crippen LogP contribution in [-0.2, 0) is 25.7 Å². The summed E-state index contributed by atoms with van der Waals surface area (Å²) >= 11 is 0. The number of carbonyl (C=O) groups excluding carboxylic acids is 2. The van der Waals surface area contributed by atoms with Crippen LogP contribution in [0.5, 0.6) is 0 Å². The smallest absolute Gasteiger partial charge is 0.328 e. The monoisotopic (exact) mass is 293 g/mol. The van der Waals surface area contributed by atoms with Gasteiger partial charge in [0.2, 0.25) is 5.91 Å². The second-order valence-corrected chi connectivity index (χ2v) is 4.76. The molecule has 1 N–H and O–H groups in total. The third-order valence-electron chi connectivity index (χ3n) is 3.01. The number of methoxy groups -OCH3 is 1. The third kappa shape index (κ3) is 6.90. The maximum Gasteiger partial charge on any atom is 0.328 e. The molecule has 5 heteroatoms. The number of carbonyl (C=O) groups is 2. The van der Waals surface area contributed by atoms with Crippen LogP contribution < -0.4 is 5.32 Å². The number of rotatable bonds is 9. The molecule has 5 nitrogen and oxygen atoms in total. The highest BCUT2D eigenvalue weighted by atomic mass is 16.5. The van der Waals surface area contributed by atoms with E-state index in [1.54, 1.807) is 0 Å². The van der Waals surface area contributed by atoms with Gasteiger partial charge >= 0.3 is 5.97 Å². The molecule has 0 saturated heterocycles. The first-order valence-electron chi connectivity index (χ1n) is 7.16. The average molecular weight is 293 g/mol. The molecular formula is C16H23NO4. The molecular weight excluding hydrogens is 270 g/mol. The number of benzene rings is 1. The van der Waals surface area contributed by atoms with Gasteiger partial charge in [0, 0.05) is 0 Å². The Morgan fingerprint density at radius 3 is 2.57 bits per heavy atom. The lowest BCUT2D eigenvalue weighted by molar-refractivity contribution is -0.146. The Morgan fingerprint density at radius 2 is 1.95 bits per heavy atom. The standard InChI is InChI=1S/C16H23NO4/c1-3-4-10-14(16(19)20-2)17-15(18)12-21-11-13-8-6-5-7-9-13/h5-9,14H,3-4,10-12H2,1-2H3,(H,17,18)/t14-/m1/s1. The third-order valence-corrected chi connectivity index (χ3v) is 3.01. The minimum atomic E-state index is -0.595. The van der Waals surface area contributed by atoms with Crippen LogP contribution >= 0.6 is 0 Å². The van der Waals surface area contributed by atoms with E-state index in [4.69, 9.17) is 4.74 Å². The molecule has 0 unspecified atom stereocenters. The number of ether oxygens (including phenoxy) is 2. The van der Waals surface area contributed by atoms with Gasteiger partial charge in [-0.2, -0.15) is 0 Å². The summed E-state index contributed by atoms with van der Waals surface area (Å²) in [4.78, 5) is 23.4. The lowest BCUT2D eigenvalue weighted by atomic mass is 10.1. The second kappa shape index (κ2) is 9.94. The normalized spacial score (nSPS) is 11.7. The summed E-state index contributed by atoms with van der Waals surface area (Å²) in [7, 11) is 1.32. The SMILES string of the molecule is CCCC[C@@H](NC(=O)COCc1ccccc1)C(=O)OC. The van der Waals surface area contributed by atoms with Crippen molar-refractivity contribution in [2.45, 2.75) is 38.8 Å². The Hall–Kier alpha value is -1.88.